The maximum absolute atomic E-state index is 12.1. The number of aromatic nitrogens is 1. The highest BCUT2D eigenvalue weighted by molar-refractivity contribution is 6.30. The van der Waals surface area contributed by atoms with Crippen molar-refractivity contribution in [2.24, 2.45) is 0 Å². The Morgan fingerprint density at radius 1 is 1.63 bits per heavy atom. The van der Waals surface area contributed by atoms with Crippen LogP contribution < -0.4 is 4.90 Å². The first kappa shape index (κ1) is 14.1. The summed E-state index contributed by atoms with van der Waals surface area (Å²) in [6, 6.07) is 3.52. The van der Waals surface area contributed by atoms with E-state index in [-0.39, 0.29) is 12.5 Å². The number of hydrogen-bond acceptors (Lipinski definition) is 4. The number of aliphatic hydroxyl groups is 1. The van der Waals surface area contributed by atoms with Crippen molar-refractivity contribution in [1.82, 2.24) is 9.88 Å². The Labute approximate surface area is 117 Å². The minimum atomic E-state index is -0.392. The molecule has 0 aliphatic carbocycles. The number of amides is 1. The van der Waals surface area contributed by atoms with E-state index >= 15 is 0 Å². The van der Waals surface area contributed by atoms with Crippen LogP contribution in [0.4, 0.5) is 5.82 Å². The van der Waals surface area contributed by atoms with Gasteiger partial charge in [0.25, 0.3) is 0 Å². The topological polar surface area (TPSA) is 56.7 Å². The molecule has 1 aromatic rings. The highest BCUT2D eigenvalue weighted by atomic mass is 35.5. The number of nitrogens with zero attached hydrogens (tertiary/aromatic N) is 3. The average Bonchev–Trinajstić information content (AvgIpc) is 2.39. The Morgan fingerprint density at radius 2 is 2.42 bits per heavy atom. The summed E-state index contributed by atoms with van der Waals surface area (Å²) in [5.74, 6) is 0.716. The van der Waals surface area contributed by atoms with E-state index in [0.29, 0.717) is 17.4 Å². The summed E-state index contributed by atoms with van der Waals surface area (Å²) in [6.07, 6.45) is 2.80. The van der Waals surface area contributed by atoms with E-state index in [2.05, 4.69) is 4.98 Å². The molecule has 104 valence electrons. The van der Waals surface area contributed by atoms with Gasteiger partial charge >= 0.3 is 0 Å². The van der Waals surface area contributed by atoms with Crippen molar-refractivity contribution in [2.75, 3.05) is 31.6 Å². The quantitative estimate of drug-likeness (QED) is 0.904. The van der Waals surface area contributed by atoms with Crippen molar-refractivity contribution >= 4 is 23.3 Å². The molecule has 1 N–H and O–H groups in total. The molecular formula is C13H18ClN3O2. The Balaban J connectivity index is 1.92. The first-order valence-corrected chi connectivity index (χ1v) is 6.72. The number of likely N-dealkylation sites (tertiary alicyclic amines) is 1. The first-order valence-electron chi connectivity index (χ1n) is 6.35. The summed E-state index contributed by atoms with van der Waals surface area (Å²) in [7, 11) is 1.81. The van der Waals surface area contributed by atoms with E-state index in [1.165, 1.54) is 0 Å². The van der Waals surface area contributed by atoms with Gasteiger partial charge in [0.2, 0.25) is 5.91 Å². The van der Waals surface area contributed by atoms with Gasteiger partial charge in [0.1, 0.15) is 5.82 Å². The van der Waals surface area contributed by atoms with Crippen molar-refractivity contribution in [2.45, 2.75) is 18.9 Å². The Kier molecular flexibility index (Phi) is 4.61. The molecule has 0 spiro atoms. The molecule has 19 heavy (non-hydrogen) atoms. The van der Waals surface area contributed by atoms with Crippen LogP contribution in [-0.2, 0) is 4.79 Å². The number of pyridine rings is 1. The fourth-order valence-electron chi connectivity index (χ4n) is 2.16. The third kappa shape index (κ3) is 3.81. The molecule has 1 aliphatic heterocycles. The molecule has 1 aliphatic rings. The lowest BCUT2D eigenvalue weighted by atomic mass is 10.1. The molecular weight excluding hydrogens is 266 g/mol. The minimum Gasteiger partial charge on any atom is -0.391 e. The SMILES string of the molecule is CN(CC(=O)N1CCCC(O)C1)c1ccc(Cl)cn1. The second kappa shape index (κ2) is 6.21. The van der Waals surface area contributed by atoms with E-state index in [1.54, 1.807) is 28.1 Å². The van der Waals surface area contributed by atoms with Gasteiger partial charge in [0, 0.05) is 26.3 Å². The van der Waals surface area contributed by atoms with Crippen molar-refractivity contribution in [1.29, 1.82) is 0 Å². The van der Waals surface area contributed by atoms with Gasteiger partial charge in [-0.25, -0.2) is 4.98 Å². The van der Waals surface area contributed by atoms with Crippen LogP contribution in [0.5, 0.6) is 0 Å². The van der Waals surface area contributed by atoms with Crippen LogP contribution in [0, 0.1) is 0 Å². The fraction of sp³-hybridized carbons (Fsp3) is 0.538. The van der Waals surface area contributed by atoms with Crippen molar-refractivity contribution in [3.63, 3.8) is 0 Å². The molecule has 0 saturated carbocycles. The second-order valence-corrected chi connectivity index (χ2v) is 5.26. The van der Waals surface area contributed by atoms with Crippen LogP contribution in [0.15, 0.2) is 18.3 Å². The first-order chi connectivity index (χ1) is 9.06. The number of halogens is 1. The summed E-state index contributed by atoms with van der Waals surface area (Å²) in [4.78, 5) is 19.8. The number of likely N-dealkylation sites (N-methyl/N-ethyl adjacent to an activating group) is 1. The lowest BCUT2D eigenvalue weighted by molar-refractivity contribution is -0.132. The van der Waals surface area contributed by atoms with Crippen molar-refractivity contribution in [3.05, 3.63) is 23.4 Å². The van der Waals surface area contributed by atoms with Crippen LogP contribution in [0.25, 0.3) is 0 Å². The molecule has 1 fully saturated rings. The molecule has 2 rings (SSSR count). The smallest absolute Gasteiger partial charge is 0.242 e. The van der Waals surface area contributed by atoms with E-state index in [9.17, 15) is 9.90 Å². The molecule has 1 saturated heterocycles. The molecule has 1 atom stereocenters. The third-order valence-electron chi connectivity index (χ3n) is 3.22. The van der Waals surface area contributed by atoms with Gasteiger partial charge in [-0.1, -0.05) is 11.6 Å². The summed E-state index contributed by atoms with van der Waals surface area (Å²) in [5, 5.41) is 10.1. The van der Waals surface area contributed by atoms with E-state index < -0.39 is 6.10 Å². The second-order valence-electron chi connectivity index (χ2n) is 4.83. The van der Waals surface area contributed by atoms with Crippen LogP contribution in [0.1, 0.15) is 12.8 Å². The van der Waals surface area contributed by atoms with Crippen LogP contribution in [-0.4, -0.2) is 53.7 Å². The predicted molar refractivity (Wildman–Crippen MR) is 74.3 cm³/mol. The normalized spacial score (nSPS) is 19.3. The molecule has 5 nitrogen and oxygen atoms in total. The number of aliphatic hydroxyl groups excluding tert-OH is 1. The summed E-state index contributed by atoms with van der Waals surface area (Å²) >= 11 is 5.78. The summed E-state index contributed by atoms with van der Waals surface area (Å²) in [5.41, 5.74) is 0. The maximum Gasteiger partial charge on any atom is 0.242 e. The lowest BCUT2D eigenvalue weighted by Gasteiger charge is -2.31. The van der Waals surface area contributed by atoms with Gasteiger partial charge in [0.15, 0.2) is 0 Å². The van der Waals surface area contributed by atoms with Gasteiger partial charge in [-0.2, -0.15) is 0 Å². The third-order valence-corrected chi connectivity index (χ3v) is 3.45. The van der Waals surface area contributed by atoms with E-state index in [1.807, 2.05) is 7.05 Å². The number of hydrogen-bond donors (Lipinski definition) is 1. The van der Waals surface area contributed by atoms with Crippen LogP contribution in [0.3, 0.4) is 0 Å². The fourth-order valence-corrected chi connectivity index (χ4v) is 2.27. The zero-order valence-electron chi connectivity index (χ0n) is 10.9. The molecule has 0 aromatic carbocycles. The van der Waals surface area contributed by atoms with Gasteiger partial charge in [-0.05, 0) is 25.0 Å². The number of carbonyl (C=O) groups excluding carboxylic acids is 1. The molecule has 1 aromatic heterocycles. The molecule has 0 radical (unpaired) electrons. The van der Waals surface area contributed by atoms with Gasteiger partial charge in [-0.3, -0.25) is 4.79 Å². The molecule has 6 heteroatoms. The van der Waals surface area contributed by atoms with Crippen LogP contribution in [0.2, 0.25) is 5.02 Å². The Hall–Kier alpha value is -1.33. The van der Waals surface area contributed by atoms with Crippen molar-refractivity contribution < 1.29 is 9.90 Å². The molecule has 0 bridgehead atoms. The highest BCUT2D eigenvalue weighted by Crippen LogP contribution is 2.14. The summed E-state index contributed by atoms with van der Waals surface area (Å²) < 4.78 is 0. The Bertz CT molecular complexity index is 438. The number of rotatable bonds is 3. The van der Waals surface area contributed by atoms with E-state index in [0.717, 1.165) is 19.4 Å². The van der Waals surface area contributed by atoms with Gasteiger partial charge in [0.05, 0.1) is 17.7 Å². The molecule has 1 unspecified atom stereocenters. The van der Waals surface area contributed by atoms with Gasteiger partial charge in [-0.15, -0.1) is 0 Å². The van der Waals surface area contributed by atoms with Crippen LogP contribution >= 0.6 is 11.6 Å². The largest absolute Gasteiger partial charge is 0.391 e. The minimum absolute atomic E-state index is 0.0120. The zero-order valence-corrected chi connectivity index (χ0v) is 11.7. The molecule has 1 amide bonds. The standard InChI is InChI=1S/C13H18ClN3O2/c1-16(12-5-4-10(14)7-15-12)9-13(19)17-6-2-3-11(18)8-17/h4-5,7,11,18H,2-3,6,8-9H2,1H3. The number of β-amino-alcohol motifs (C(OH)–C–C–N with tert-alkyl or cyclic N) is 1. The van der Waals surface area contributed by atoms with Crippen molar-refractivity contribution in [3.8, 4) is 0 Å². The zero-order chi connectivity index (χ0) is 13.8. The molecule has 2 heterocycles. The number of anilines is 1. The lowest BCUT2D eigenvalue weighted by Crippen LogP contribution is -2.46. The number of piperidine rings is 1. The number of carbonyl (C=O) groups is 1. The summed E-state index contributed by atoms with van der Waals surface area (Å²) in [6.45, 7) is 1.40. The maximum atomic E-state index is 12.1. The predicted octanol–water partition coefficient (Wildman–Crippen LogP) is 1.15. The van der Waals surface area contributed by atoms with Gasteiger partial charge < -0.3 is 14.9 Å². The monoisotopic (exact) mass is 283 g/mol. The average molecular weight is 284 g/mol. The van der Waals surface area contributed by atoms with E-state index in [4.69, 9.17) is 11.6 Å². The highest BCUT2D eigenvalue weighted by Gasteiger charge is 2.22. The Morgan fingerprint density at radius 3 is 3.05 bits per heavy atom.